The van der Waals surface area contributed by atoms with E-state index in [9.17, 15) is 9.90 Å². The van der Waals surface area contributed by atoms with Gasteiger partial charge in [-0.2, -0.15) is 0 Å². The summed E-state index contributed by atoms with van der Waals surface area (Å²) in [4.78, 5) is 12.2. The number of carbonyl (C=O) groups excluding carboxylic acids is 1. The maximum absolute atomic E-state index is 12.2. The molecule has 3 aromatic carbocycles. The van der Waals surface area contributed by atoms with E-state index in [1.807, 2.05) is 59.3 Å². The van der Waals surface area contributed by atoms with Crippen LogP contribution in [0.3, 0.4) is 0 Å². The van der Waals surface area contributed by atoms with Gasteiger partial charge in [0, 0.05) is 34.5 Å². The van der Waals surface area contributed by atoms with Gasteiger partial charge >= 0.3 is 5.97 Å². The van der Waals surface area contributed by atoms with Gasteiger partial charge in [0.05, 0.1) is 27.9 Å². The second-order valence-corrected chi connectivity index (χ2v) is 8.82. The zero-order valence-corrected chi connectivity index (χ0v) is 20.0. The van der Waals surface area contributed by atoms with Crippen LogP contribution in [-0.4, -0.2) is 26.8 Å². The van der Waals surface area contributed by atoms with E-state index in [1.165, 1.54) is 0 Å². The number of hydrogen-bond acceptors (Lipinski definition) is 3. The third-order valence-corrected chi connectivity index (χ3v) is 6.57. The first-order chi connectivity index (χ1) is 16.5. The molecule has 2 aromatic heterocycles. The molecule has 0 aliphatic heterocycles. The van der Waals surface area contributed by atoms with Crippen LogP contribution in [0.4, 0.5) is 0 Å². The average Bonchev–Trinajstić information content (AvgIpc) is 3.30. The molecule has 0 radical (unpaired) electrons. The fraction of sp³-hybridized carbons (Fsp3) is 0.148. The Hall–Kier alpha value is -3.41. The second kappa shape index (κ2) is 9.09. The number of hydrogen-bond donors (Lipinski definition) is 1. The summed E-state index contributed by atoms with van der Waals surface area (Å²) < 4.78 is 8.74. The number of esters is 1. The number of aromatic nitrogens is 2. The van der Waals surface area contributed by atoms with Crippen LogP contribution in [0.15, 0.2) is 72.9 Å². The van der Waals surface area contributed by atoms with Crippen LogP contribution in [0.25, 0.3) is 27.5 Å². The minimum Gasteiger partial charge on any atom is -0.494 e. The number of fused-ring (bicyclic) bond motifs is 2. The van der Waals surface area contributed by atoms with E-state index in [0.29, 0.717) is 28.8 Å². The summed E-state index contributed by atoms with van der Waals surface area (Å²) >= 11 is 13.0. The predicted molar refractivity (Wildman–Crippen MR) is 136 cm³/mol. The van der Waals surface area contributed by atoms with Crippen LogP contribution in [0.5, 0.6) is 5.88 Å². The van der Waals surface area contributed by atoms with E-state index in [-0.39, 0.29) is 18.4 Å². The number of nitrogens with zero attached hydrogens (tertiary/aromatic N) is 2. The van der Waals surface area contributed by atoms with Gasteiger partial charge in [-0.15, -0.1) is 0 Å². The predicted octanol–water partition coefficient (Wildman–Crippen LogP) is 6.75. The lowest BCUT2D eigenvalue weighted by molar-refractivity contribution is -0.143. The van der Waals surface area contributed by atoms with E-state index >= 15 is 0 Å². The van der Waals surface area contributed by atoms with E-state index in [2.05, 4.69) is 0 Å². The molecule has 0 spiro atoms. The molecule has 34 heavy (non-hydrogen) atoms. The van der Waals surface area contributed by atoms with Crippen molar-refractivity contribution >= 4 is 51.0 Å². The van der Waals surface area contributed by atoms with Crippen molar-refractivity contribution in [1.29, 1.82) is 0 Å². The minimum absolute atomic E-state index is 0.0819. The Bertz CT molecular complexity index is 1510. The molecule has 5 nitrogen and oxygen atoms in total. The highest BCUT2D eigenvalue weighted by Crippen LogP contribution is 2.41. The monoisotopic (exact) mass is 492 g/mol. The number of benzene rings is 3. The zero-order valence-electron chi connectivity index (χ0n) is 18.5. The van der Waals surface area contributed by atoms with Gasteiger partial charge < -0.3 is 14.4 Å². The van der Waals surface area contributed by atoms with Gasteiger partial charge in [-0.1, -0.05) is 65.7 Å². The third-order valence-electron chi connectivity index (χ3n) is 5.96. The van der Waals surface area contributed by atoms with Crippen LogP contribution in [-0.2, 0) is 22.5 Å². The number of para-hydroxylation sites is 3. The number of carbonyl (C=O) groups is 1. The minimum atomic E-state index is -0.289. The molecule has 0 saturated heterocycles. The molecule has 2 heterocycles. The molecule has 172 valence electrons. The van der Waals surface area contributed by atoms with E-state index in [1.54, 1.807) is 29.7 Å². The molecule has 5 rings (SSSR count). The first-order valence-corrected chi connectivity index (χ1v) is 11.7. The highest BCUT2D eigenvalue weighted by Gasteiger charge is 2.22. The van der Waals surface area contributed by atoms with Gasteiger partial charge in [0.15, 0.2) is 5.88 Å². The second-order valence-electron chi connectivity index (χ2n) is 8.01. The van der Waals surface area contributed by atoms with E-state index < -0.39 is 0 Å². The van der Waals surface area contributed by atoms with Gasteiger partial charge in [0.2, 0.25) is 0 Å². The molecular weight excluding hydrogens is 471 g/mol. The van der Waals surface area contributed by atoms with Gasteiger partial charge in [-0.05, 0) is 36.8 Å². The number of ether oxygens (including phenoxy) is 1. The highest BCUT2D eigenvalue weighted by atomic mass is 35.5. The lowest BCUT2D eigenvalue weighted by Gasteiger charge is -2.11. The van der Waals surface area contributed by atoms with Gasteiger partial charge in [-0.3, -0.25) is 9.36 Å². The van der Waals surface area contributed by atoms with Crippen molar-refractivity contribution in [3.05, 3.63) is 94.1 Å². The molecule has 7 heteroatoms. The number of aromatic hydroxyl groups is 1. The fourth-order valence-electron chi connectivity index (χ4n) is 4.53. The molecule has 0 unspecified atom stereocenters. The first-order valence-electron chi connectivity index (χ1n) is 11.0. The average molecular weight is 493 g/mol. The lowest BCUT2D eigenvalue weighted by Crippen LogP contribution is -2.12. The van der Waals surface area contributed by atoms with Gasteiger partial charge in [0.1, 0.15) is 6.54 Å². The molecule has 5 aromatic rings. The molecule has 0 bridgehead atoms. The van der Waals surface area contributed by atoms with Crippen molar-refractivity contribution in [1.82, 2.24) is 9.13 Å². The summed E-state index contributed by atoms with van der Waals surface area (Å²) in [6, 6.07) is 20.9. The summed E-state index contributed by atoms with van der Waals surface area (Å²) in [7, 11) is 0. The summed E-state index contributed by atoms with van der Waals surface area (Å²) in [5.74, 6) is -0.207. The van der Waals surface area contributed by atoms with Crippen molar-refractivity contribution < 1.29 is 14.6 Å². The number of halogens is 2. The van der Waals surface area contributed by atoms with Crippen LogP contribution in [0, 0.1) is 0 Å². The summed E-state index contributed by atoms with van der Waals surface area (Å²) in [6.07, 6.45) is 2.41. The van der Waals surface area contributed by atoms with E-state index in [4.69, 9.17) is 27.9 Å². The summed E-state index contributed by atoms with van der Waals surface area (Å²) in [6.45, 7) is 2.25. The molecule has 0 saturated carbocycles. The quantitative estimate of drug-likeness (QED) is 0.266. The maximum Gasteiger partial charge on any atom is 0.325 e. The molecule has 0 amide bonds. The van der Waals surface area contributed by atoms with Crippen LogP contribution in [0.2, 0.25) is 10.0 Å². The van der Waals surface area contributed by atoms with Crippen LogP contribution >= 0.6 is 23.2 Å². The molecule has 0 atom stereocenters. The standard InChI is InChI=1S/C27H22Cl2N2O3/c1-2-34-25(32)16-30-15-17(18-8-3-5-12-23(18)30)14-20-19-9-4-6-13-24(19)31(27(20)33)26-21(28)10-7-11-22(26)29/h3-13,15,33H,2,14,16H2,1H3. The van der Waals surface area contributed by atoms with Crippen molar-refractivity contribution in [3.63, 3.8) is 0 Å². The first kappa shape index (κ1) is 22.4. The Morgan fingerprint density at radius 2 is 1.56 bits per heavy atom. The molecule has 0 aliphatic carbocycles. The van der Waals surface area contributed by atoms with Crippen molar-refractivity contribution in [2.45, 2.75) is 19.9 Å². The Morgan fingerprint density at radius 1 is 0.912 bits per heavy atom. The van der Waals surface area contributed by atoms with Crippen molar-refractivity contribution in [3.8, 4) is 11.6 Å². The SMILES string of the molecule is CCOC(=O)Cn1cc(Cc2c(O)n(-c3c(Cl)cccc3Cl)c3ccccc23)c2ccccc21. The van der Waals surface area contributed by atoms with Crippen molar-refractivity contribution in [2.24, 2.45) is 0 Å². The molecule has 0 fully saturated rings. The third kappa shape index (κ3) is 3.81. The van der Waals surface area contributed by atoms with Crippen molar-refractivity contribution in [2.75, 3.05) is 6.61 Å². The van der Waals surface area contributed by atoms with Crippen LogP contribution < -0.4 is 0 Å². The summed E-state index contributed by atoms with van der Waals surface area (Å²) in [5.41, 5.74) is 4.02. The highest BCUT2D eigenvalue weighted by molar-refractivity contribution is 6.38. The molecule has 1 N–H and O–H groups in total. The fourth-order valence-corrected chi connectivity index (χ4v) is 5.09. The topological polar surface area (TPSA) is 56.4 Å². The molecule has 0 aliphatic rings. The zero-order chi connectivity index (χ0) is 23.8. The largest absolute Gasteiger partial charge is 0.494 e. The van der Waals surface area contributed by atoms with E-state index in [0.717, 1.165) is 32.9 Å². The van der Waals surface area contributed by atoms with Gasteiger partial charge in [0.25, 0.3) is 0 Å². The normalized spacial score (nSPS) is 11.4. The Morgan fingerprint density at radius 3 is 2.26 bits per heavy atom. The lowest BCUT2D eigenvalue weighted by atomic mass is 10.0. The smallest absolute Gasteiger partial charge is 0.325 e. The van der Waals surface area contributed by atoms with Gasteiger partial charge in [-0.25, -0.2) is 0 Å². The Kier molecular flexibility index (Phi) is 5.98. The Labute approximate surface area is 206 Å². The Balaban J connectivity index is 1.67. The summed E-state index contributed by atoms with van der Waals surface area (Å²) in [5, 5.41) is 14.2. The number of rotatable bonds is 6. The molecular formula is C27H22Cl2N2O3. The van der Waals surface area contributed by atoms with Crippen LogP contribution in [0.1, 0.15) is 18.1 Å². The maximum atomic E-state index is 12.2.